The third kappa shape index (κ3) is 3.91. The van der Waals surface area contributed by atoms with E-state index in [1.54, 1.807) is 12.1 Å². The Hall–Kier alpha value is -1.98. The molecular formula is C19H22F2N2O. The van der Waals surface area contributed by atoms with Gasteiger partial charge in [-0.3, -0.25) is 4.90 Å². The van der Waals surface area contributed by atoms with Crippen molar-refractivity contribution in [1.29, 1.82) is 0 Å². The van der Waals surface area contributed by atoms with Crippen molar-refractivity contribution >= 4 is 0 Å². The molecule has 5 heteroatoms. The van der Waals surface area contributed by atoms with Gasteiger partial charge < -0.3 is 10.5 Å². The first kappa shape index (κ1) is 16.9. The molecule has 0 unspecified atom stereocenters. The molecule has 0 saturated carbocycles. The number of hydrogen-bond donors (Lipinski definition) is 1. The van der Waals surface area contributed by atoms with E-state index in [4.69, 9.17) is 5.73 Å². The minimum atomic E-state index is -2.81. The highest BCUT2D eigenvalue weighted by Gasteiger charge is 2.33. The van der Waals surface area contributed by atoms with Crippen LogP contribution in [0.25, 0.3) is 0 Å². The van der Waals surface area contributed by atoms with E-state index >= 15 is 0 Å². The number of ether oxygens (including phenoxy) is 1. The van der Waals surface area contributed by atoms with Crippen molar-refractivity contribution in [3.63, 3.8) is 0 Å². The van der Waals surface area contributed by atoms with Crippen LogP contribution >= 0.6 is 0 Å². The van der Waals surface area contributed by atoms with E-state index in [0.29, 0.717) is 24.9 Å². The zero-order valence-corrected chi connectivity index (χ0v) is 13.4. The maximum absolute atomic E-state index is 12.6. The Morgan fingerprint density at radius 2 is 1.75 bits per heavy atom. The molecular weight excluding hydrogens is 310 g/mol. The highest BCUT2D eigenvalue weighted by Crippen LogP contribution is 2.34. The standard InChI is InChI=1S/C19H22F2N2O/c20-19(21)24-18-9-5-4-8-15(18)11-23-12-16(10-22)17(13-23)14-6-2-1-3-7-14/h1-9,16-17,19H,10-13,22H2/t16-,17+/m1/s1. The summed E-state index contributed by atoms with van der Waals surface area (Å²) in [5, 5.41) is 0. The van der Waals surface area contributed by atoms with Gasteiger partial charge in [0.05, 0.1) is 0 Å². The van der Waals surface area contributed by atoms with E-state index in [-0.39, 0.29) is 5.75 Å². The molecule has 1 saturated heterocycles. The molecule has 1 heterocycles. The summed E-state index contributed by atoms with van der Waals surface area (Å²) in [6.07, 6.45) is 0. The molecule has 0 aromatic heterocycles. The fourth-order valence-electron chi connectivity index (χ4n) is 3.49. The van der Waals surface area contributed by atoms with Crippen molar-refractivity contribution in [3.8, 4) is 5.75 Å². The molecule has 0 aliphatic carbocycles. The molecule has 1 aliphatic heterocycles. The Morgan fingerprint density at radius 1 is 1.04 bits per heavy atom. The lowest BCUT2D eigenvalue weighted by atomic mass is 9.89. The number of nitrogens with zero attached hydrogens (tertiary/aromatic N) is 1. The fraction of sp³-hybridized carbons (Fsp3) is 0.368. The summed E-state index contributed by atoms with van der Waals surface area (Å²) in [7, 11) is 0. The van der Waals surface area contributed by atoms with Crippen LogP contribution in [0.15, 0.2) is 54.6 Å². The first-order valence-electron chi connectivity index (χ1n) is 8.17. The van der Waals surface area contributed by atoms with Crippen LogP contribution in [0.5, 0.6) is 5.75 Å². The van der Waals surface area contributed by atoms with Gasteiger partial charge in [-0.15, -0.1) is 0 Å². The Labute approximate surface area is 141 Å². The second kappa shape index (κ2) is 7.73. The van der Waals surface area contributed by atoms with Gasteiger partial charge >= 0.3 is 6.61 Å². The van der Waals surface area contributed by atoms with Crippen LogP contribution in [-0.2, 0) is 6.54 Å². The van der Waals surface area contributed by atoms with Crippen molar-refractivity contribution in [3.05, 3.63) is 65.7 Å². The second-order valence-electron chi connectivity index (χ2n) is 6.19. The molecule has 2 aromatic carbocycles. The topological polar surface area (TPSA) is 38.5 Å². The van der Waals surface area contributed by atoms with Gasteiger partial charge in [0.2, 0.25) is 0 Å². The van der Waals surface area contributed by atoms with Gasteiger partial charge in [-0.05, 0) is 24.1 Å². The van der Waals surface area contributed by atoms with Gasteiger partial charge in [-0.2, -0.15) is 8.78 Å². The third-order valence-corrected chi connectivity index (χ3v) is 4.63. The van der Waals surface area contributed by atoms with Crippen LogP contribution in [0.1, 0.15) is 17.0 Å². The highest BCUT2D eigenvalue weighted by atomic mass is 19.3. The zero-order chi connectivity index (χ0) is 16.9. The molecule has 3 nitrogen and oxygen atoms in total. The van der Waals surface area contributed by atoms with Crippen LogP contribution in [0.3, 0.4) is 0 Å². The third-order valence-electron chi connectivity index (χ3n) is 4.63. The molecule has 0 amide bonds. The molecule has 128 valence electrons. The molecule has 1 fully saturated rings. The number of alkyl halides is 2. The molecule has 3 rings (SSSR count). The van der Waals surface area contributed by atoms with Crippen molar-refractivity contribution in [2.24, 2.45) is 11.7 Å². The Kier molecular flexibility index (Phi) is 5.43. The summed E-state index contributed by atoms with van der Waals surface area (Å²) >= 11 is 0. The molecule has 1 aliphatic rings. The van der Waals surface area contributed by atoms with Gasteiger partial charge in [0.1, 0.15) is 5.75 Å². The number of hydrogen-bond acceptors (Lipinski definition) is 3. The molecule has 24 heavy (non-hydrogen) atoms. The first-order valence-corrected chi connectivity index (χ1v) is 8.17. The predicted octanol–water partition coefficient (Wildman–Crippen LogP) is 3.46. The number of likely N-dealkylation sites (tertiary alicyclic amines) is 1. The van der Waals surface area contributed by atoms with Gasteiger partial charge in [0.15, 0.2) is 0 Å². The first-order chi connectivity index (χ1) is 11.7. The lowest BCUT2D eigenvalue weighted by Gasteiger charge is -2.18. The number of para-hydroxylation sites is 1. The summed E-state index contributed by atoms with van der Waals surface area (Å²) in [5.74, 6) is 0.995. The quantitative estimate of drug-likeness (QED) is 0.880. The maximum atomic E-state index is 12.6. The normalized spacial score (nSPS) is 21.3. The lowest BCUT2D eigenvalue weighted by molar-refractivity contribution is -0.0507. The van der Waals surface area contributed by atoms with Gasteiger partial charge in [-0.1, -0.05) is 48.5 Å². The fourth-order valence-corrected chi connectivity index (χ4v) is 3.49. The Bertz CT molecular complexity index is 651. The molecule has 0 bridgehead atoms. The smallest absolute Gasteiger partial charge is 0.387 e. The van der Waals surface area contributed by atoms with Gasteiger partial charge in [0.25, 0.3) is 0 Å². The summed E-state index contributed by atoms with van der Waals surface area (Å²) < 4.78 is 29.8. The van der Waals surface area contributed by atoms with Crippen LogP contribution in [-0.4, -0.2) is 31.1 Å². The summed E-state index contributed by atoms with van der Waals surface area (Å²) in [4.78, 5) is 2.27. The average molecular weight is 332 g/mol. The molecule has 0 radical (unpaired) electrons. The second-order valence-corrected chi connectivity index (χ2v) is 6.19. The molecule has 2 N–H and O–H groups in total. The van der Waals surface area contributed by atoms with E-state index in [0.717, 1.165) is 18.7 Å². The van der Waals surface area contributed by atoms with Crippen LogP contribution in [0, 0.1) is 5.92 Å². The lowest BCUT2D eigenvalue weighted by Crippen LogP contribution is -2.23. The molecule has 0 spiro atoms. The van der Waals surface area contributed by atoms with Gasteiger partial charge in [0, 0.05) is 31.1 Å². The zero-order valence-electron chi connectivity index (χ0n) is 13.4. The monoisotopic (exact) mass is 332 g/mol. The Balaban J connectivity index is 1.73. The molecule has 2 aromatic rings. The summed E-state index contributed by atoms with van der Waals surface area (Å²) in [6.45, 7) is 0.126. The number of rotatable bonds is 6. The maximum Gasteiger partial charge on any atom is 0.387 e. The van der Waals surface area contributed by atoms with E-state index in [1.807, 2.05) is 30.3 Å². The molecule has 2 atom stereocenters. The number of nitrogens with two attached hydrogens (primary N) is 1. The average Bonchev–Trinajstić information content (AvgIpc) is 3.00. The van der Waals surface area contributed by atoms with Crippen LogP contribution in [0.2, 0.25) is 0 Å². The van der Waals surface area contributed by atoms with Crippen molar-refractivity contribution in [2.45, 2.75) is 19.1 Å². The summed E-state index contributed by atoms with van der Waals surface area (Å²) in [5.41, 5.74) is 8.03. The SMILES string of the molecule is NC[C@@H]1CN(Cc2ccccc2OC(F)F)C[C@H]1c1ccccc1. The van der Waals surface area contributed by atoms with Crippen LogP contribution in [0.4, 0.5) is 8.78 Å². The van der Waals surface area contributed by atoms with Crippen LogP contribution < -0.4 is 10.5 Å². The van der Waals surface area contributed by atoms with Gasteiger partial charge in [-0.25, -0.2) is 0 Å². The predicted molar refractivity (Wildman–Crippen MR) is 90.1 cm³/mol. The largest absolute Gasteiger partial charge is 0.434 e. The number of halogens is 2. The van der Waals surface area contributed by atoms with Crippen molar-refractivity contribution < 1.29 is 13.5 Å². The minimum absolute atomic E-state index is 0.250. The van der Waals surface area contributed by atoms with E-state index in [2.05, 4.69) is 21.8 Å². The Morgan fingerprint density at radius 3 is 2.46 bits per heavy atom. The van der Waals surface area contributed by atoms with E-state index in [9.17, 15) is 8.78 Å². The van der Waals surface area contributed by atoms with E-state index in [1.165, 1.54) is 5.56 Å². The van der Waals surface area contributed by atoms with Crippen molar-refractivity contribution in [1.82, 2.24) is 4.90 Å². The van der Waals surface area contributed by atoms with E-state index < -0.39 is 6.61 Å². The highest BCUT2D eigenvalue weighted by molar-refractivity contribution is 5.33. The minimum Gasteiger partial charge on any atom is -0.434 e. The number of benzene rings is 2. The summed E-state index contributed by atoms with van der Waals surface area (Å²) in [6, 6.07) is 17.3. The van der Waals surface area contributed by atoms with Crippen molar-refractivity contribution in [2.75, 3.05) is 19.6 Å².